The van der Waals surface area contributed by atoms with Crippen molar-refractivity contribution in [2.75, 3.05) is 23.3 Å². The maximum Gasteiger partial charge on any atom is 0.433 e. The number of rotatable bonds is 5. The summed E-state index contributed by atoms with van der Waals surface area (Å²) in [5.74, 6) is -1.22. The first-order valence-corrected chi connectivity index (χ1v) is 9.73. The van der Waals surface area contributed by atoms with Crippen molar-refractivity contribution in [3.8, 4) is 0 Å². The van der Waals surface area contributed by atoms with Gasteiger partial charge in [-0.05, 0) is 30.2 Å². The van der Waals surface area contributed by atoms with E-state index >= 15 is 0 Å². The van der Waals surface area contributed by atoms with E-state index in [1.807, 2.05) is 0 Å². The Morgan fingerprint density at radius 2 is 1.76 bits per heavy atom. The molecule has 1 aliphatic rings. The third kappa shape index (κ3) is 5.52. The highest BCUT2D eigenvalue weighted by molar-refractivity contribution is 5.99. The molecule has 33 heavy (non-hydrogen) atoms. The minimum absolute atomic E-state index is 0.0959. The summed E-state index contributed by atoms with van der Waals surface area (Å²) in [5.41, 5.74) is -2.16. The number of alkyl halides is 6. The Morgan fingerprint density at radius 3 is 2.30 bits per heavy atom. The third-order valence-electron chi connectivity index (χ3n) is 4.99. The van der Waals surface area contributed by atoms with E-state index in [4.69, 9.17) is 0 Å². The van der Waals surface area contributed by atoms with Crippen molar-refractivity contribution in [1.29, 1.82) is 0 Å². The molecule has 0 radical (unpaired) electrons. The lowest BCUT2D eigenvalue weighted by atomic mass is 10.0. The standard InChI is InChI=1S/C20H19F6N5O2/c1-11(2)13-9-30(12-6-7-14(27-8-12)19(21,22)23)18(33)31(13)10-17(32)29-16-5-3-4-15(28-16)20(24,25)26/h3-8,11,13H,9-10H2,1-2H3,(H,28,29,32)/t13-/m1/s1. The lowest BCUT2D eigenvalue weighted by molar-refractivity contribution is -0.141. The second-order valence-corrected chi connectivity index (χ2v) is 7.69. The predicted octanol–water partition coefficient (Wildman–Crippen LogP) is 4.42. The van der Waals surface area contributed by atoms with E-state index in [2.05, 4.69) is 15.3 Å². The van der Waals surface area contributed by atoms with Crippen molar-refractivity contribution in [3.05, 3.63) is 47.9 Å². The Hall–Kier alpha value is -3.38. The smallest absolute Gasteiger partial charge is 0.310 e. The van der Waals surface area contributed by atoms with Crippen LogP contribution in [-0.2, 0) is 17.1 Å². The van der Waals surface area contributed by atoms with Gasteiger partial charge in [0.15, 0.2) is 0 Å². The Balaban J connectivity index is 1.75. The molecule has 7 nitrogen and oxygen atoms in total. The molecule has 178 valence electrons. The fourth-order valence-electron chi connectivity index (χ4n) is 3.34. The van der Waals surface area contributed by atoms with E-state index in [9.17, 15) is 35.9 Å². The van der Waals surface area contributed by atoms with Crippen molar-refractivity contribution in [2.45, 2.75) is 32.2 Å². The molecular weight excluding hydrogens is 456 g/mol. The minimum Gasteiger partial charge on any atom is -0.310 e. The summed E-state index contributed by atoms with van der Waals surface area (Å²) in [5, 5.41) is 2.24. The molecule has 1 aliphatic heterocycles. The first-order chi connectivity index (χ1) is 15.3. The number of nitrogens with one attached hydrogen (secondary N) is 1. The van der Waals surface area contributed by atoms with E-state index in [0.717, 1.165) is 30.5 Å². The Kier molecular flexibility index (Phi) is 6.52. The van der Waals surface area contributed by atoms with Gasteiger partial charge in [0, 0.05) is 6.54 Å². The molecule has 0 saturated carbocycles. The normalized spacial score (nSPS) is 17.1. The molecule has 2 aromatic heterocycles. The molecule has 0 aliphatic carbocycles. The zero-order valence-corrected chi connectivity index (χ0v) is 17.4. The van der Waals surface area contributed by atoms with Gasteiger partial charge in [-0.3, -0.25) is 9.69 Å². The Bertz CT molecular complexity index is 1020. The number of urea groups is 1. The number of aromatic nitrogens is 2. The van der Waals surface area contributed by atoms with Crippen molar-refractivity contribution in [2.24, 2.45) is 5.92 Å². The van der Waals surface area contributed by atoms with Crippen LogP contribution in [0.1, 0.15) is 25.2 Å². The molecule has 1 atom stereocenters. The molecule has 13 heteroatoms. The SMILES string of the molecule is CC(C)[C@H]1CN(c2ccc(C(F)(F)F)nc2)C(=O)N1CC(=O)Nc1cccc(C(F)(F)F)n1. The average Bonchev–Trinajstić information content (AvgIpc) is 3.03. The topological polar surface area (TPSA) is 78.4 Å². The van der Waals surface area contributed by atoms with Crippen molar-refractivity contribution >= 4 is 23.4 Å². The summed E-state index contributed by atoms with van der Waals surface area (Å²) in [6.07, 6.45) is -8.39. The van der Waals surface area contributed by atoms with Gasteiger partial charge in [-0.15, -0.1) is 0 Å². The highest BCUT2D eigenvalue weighted by atomic mass is 19.4. The van der Waals surface area contributed by atoms with Crippen LogP contribution in [-0.4, -0.2) is 45.9 Å². The van der Waals surface area contributed by atoms with Crippen molar-refractivity contribution < 1.29 is 35.9 Å². The maximum atomic E-state index is 12.9. The quantitative estimate of drug-likeness (QED) is 0.650. The van der Waals surface area contributed by atoms with Gasteiger partial charge in [0.05, 0.1) is 17.9 Å². The summed E-state index contributed by atoms with van der Waals surface area (Å²) >= 11 is 0. The van der Waals surface area contributed by atoms with Gasteiger partial charge >= 0.3 is 18.4 Å². The molecule has 0 aromatic carbocycles. The molecule has 0 unspecified atom stereocenters. The largest absolute Gasteiger partial charge is 0.433 e. The number of hydrogen-bond acceptors (Lipinski definition) is 4. The summed E-state index contributed by atoms with van der Waals surface area (Å²) in [6, 6.07) is 3.78. The monoisotopic (exact) mass is 475 g/mol. The lowest BCUT2D eigenvalue weighted by Gasteiger charge is -2.25. The number of amides is 3. The van der Waals surface area contributed by atoms with E-state index in [0.29, 0.717) is 0 Å². The number of pyridine rings is 2. The number of anilines is 2. The van der Waals surface area contributed by atoms with Gasteiger partial charge in [0.1, 0.15) is 23.8 Å². The first kappa shape index (κ1) is 24.3. The molecule has 1 N–H and O–H groups in total. The average molecular weight is 475 g/mol. The van der Waals surface area contributed by atoms with Gasteiger partial charge in [0.25, 0.3) is 0 Å². The Morgan fingerprint density at radius 1 is 1.09 bits per heavy atom. The molecule has 1 fully saturated rings. The van der Waals surface area contributed by atoms with Crippen LogP contribution in [0, 0.1) is 5.92 Å². The number of carbonyl (C=O) groups excluding carboxylic acids is 2. The van der Waals surface area contributed by atoms with Gasteiger partial charge in [0.2, 0.25) is 5.91 Å². The highest BCUT2D eigenvalue weighted by Gasteiger charge is 2.41. The van der Waals surface area contributed by atoms with Crippen LogP contribution in [0.3, 0.4) is 0 Å². The Labute approximate surface area is 184 Å². The predicted molar refractivity (Wildman–Crippen MR) is 105 cm³/mol. The first-order valence-electron chi connectivity index (χ1n) is 9.73. The molecule has 0 spiro atoms. The molecule has 0 bridgehead atoms. The minimum atomic E-state index is -4.69. The van der Waals surface area contributed by atoms with E-state index in [1.165, 1.54) is 15.9 Å². The second kappa shape index (κ2) is 8.87. The zero-order chi connectivity index (χ0) is 24.6. The molecule has 3 heterocycles. The maximum absolute atomic E-state index is 12.9. The van der Waals surface area contributed by atoms with Gasteiger partial charge in [-0.1, -0.05) is 19.9 Å². The van der Waals surface area contributed by atoms with Crippen LogP contribution < -0.4 is 10.2 Å². The van der Waals surface area contributed by atoms with E-state index in [-0.39, 0.29) is 24.0 Å². The van der Waals surface area contributed by atoms with Crippen molar-refractivity contribution in [3.63, 3.8) is 0 Å². The van der Waals surface area contributed by atoms with E-state index < -0.39 is 48.3 Å². The van der Waals surface area contributed by atoms with E-state index in [1.54, 1.807) is 13.8 Å². The third-order valence-corrected chi connectivity index (χ3v) is 4.99. The fraction of sp³-hybridized carbons (Fsp3) is 0.400. The van der Waals surface area contributed by atoms with Gasteiger partial charge in [-0.25, -0.2) is 14.8 Å². The second-order valence-electron chi connectivity index (χ2n) is 7.69. The number of nitrogens with zero attached hydrogens (tertiary/aromatic N) is 4. The van der Waals surface area contributed by atoms with Crippen LogP contribution in [0.2, 0.25) is 0 Å². The van der Waals surface area contributed by atoms with Crippen molar-refractivity contribution in [1.82, 2.24) is 14.9 Å². The van der Waals surface area contributed by atoms with Crippen LogP contribution >= 0.6 is 0 Å². The molecule has 2 aromatic rings. The summed E-state index contributed by atoms with van der Waals surface area (Å²) < 4.78 is 76.7. The summed E-state index contributed by atoms with van der Waals surface area (Å²) in [6.45, 7) is 3.21. The summed E-state index contributed by atoms with van der Waals surface area (Å²) in [7, 11) is 0. The molecule has 1 saturated heterocycles. The van der Waals surface area contributed by atoms with Crippen LogP contribution in [0.4, 0.5) is 42.6 Å². The van der Waals surface area contributed by atoms with Gasteiger partial charge < -0.3 is 10.2 Å². The summed E-state index contributed by atoms with van der Waals surface area (Å²) in [4.78, 5) is 34.5. The van der Waals surface area contributed by atoms with Crippen LogP contribution in [0.15, 0.2) is 36.5 Å². The number of hydrogen-bond donors (Lipinski definition) is 1. The highest BCUT2D eigenvalue weighted by Crippen LogP contribution is 2.31. The zero-order valence-electron chi connectivity index (χ0n) is 17.4. The van der Waals surface area contributed by atoms with Crippen LogP contribution in [0.25, 0.3) is 0 Å². The fourth-order valence-corrected chi connectivity index (χ4v) is 3.34. The molecule has 3 amide bonds. The number of carbonyl (C=O) groups is 2. The number of halogens is 6. The van der Waals surface area contributed by atoms with Gasteiger partial charge in [-0.2, -0.15) is 26.3 Å². The lowest BCUT2D eigenvalue weighted by Crippen LogP contribution is -2.42. The molecule has 3 rings (SSSR count). The molecular formula is C20H19F6N5O2. The van der Waals surface area contributed by atoms with Crippen LogP contribution in [0.5, 0.6) is 0 Å².